The molecule has 0 aliphatic rings. The van der Waals surface area contributed by atoms with E-state index in [1.54, 1.807) is 36.9 Å². The standard InChI is InChI=1S/C17H27NO4S/c1-5-21-14-8-7-13(11-15(14)22-6-2)16(19)18-12-17(3,20)9-10-23-4/h7-8,11,20H,5-6,9-10,12H2,1-4H3,(H,18,19)/t17-/m0/s1. The minimum absolute atomic E-state index is 0.212. The van der Waals surface area contributed by atoms with Gasteiger partial charge in [0.2, 0.25) is 0 Å². The van der Waals surface area contributed by atoms with Gasteiger partial charge in [-0.2, -0.15) is 11.8 Å². The van der Waals surface area contributed by atoms with Crippen LogP contribution < -0.4 is 14.8 Å². The highest BCUT2D eigenvalue weighted by Crippen LogP contribution is 2.28. The Labute approximate surface area is 142 Å². The Hall–Kier alpha value is -1.40. The molecule has 0 aliphatic heterocycles. The number of thioether (sulfide) groups is 1. The van der Waals surface area contributed by atoms with Crippen LogP contribution >= 0.6 is 11.8 Å². The Bertz CT molecular complexity index is 505. The van der Waals surface area contributed by atoms with Crippen LogP contribution in [0.3, 0.4) is 0 Å². The molecule has 0 fully saturated rings. The summed E-state index contributed by atoms with van der Waals surface area (Å²) in [6.45, 7) is 6.74. The molecule has 130 valence electrons. The number of benzene rings is 1. The number of hydrogen-bond donors (Lipinski definition) is 2. The predicted molar refractivity (Wildman–Crippen MR) is 94.7 cm³/mol. The van der Waals surface area contributed by atoms with Gasteiger partial charge in [-0.05, 0) is 57.4 Å². The molecule has 0 aliphatic carbocycles. The van der Waals surface area contributed by atoms with Crippen molar-refractivity contribution >= 4 is 17.7 Å². The lowest BCUT2D eigenvalue weighted by molar-refractivity contribution is 0.0528. The molecule has 0 aromatic heterocycles. The van der Waals surface area contributed by atoms with Gasteiger partial charge in [0.15, 0.2) is 11.5 Å². The third-order valence-electron chi connectivity index (χ3n) is 3.28. The van der Waals surface area contributed by atoms with Crippen molar-refractivity contribution in [1.29, 1.82) is 0 Å². The smallest absolute Gasteiger partial charge is 0.251 e. The summed E-state index contributed by atoms with van der Waals surface area (Å²) in [5.74, 6) is 1.79. The SMILES string of the molecule is CCOc1ccc(C(=O)NC[C@@](C)(O)CCSC)cc1OCC. The maximum atomic E-state index is 12.3. The first-order chi connectivity index (χ1) is 10.9. The summed E-state index contributed by atoms with van der Waals surface area (Å²) in [7, 11) is 0. The van der Waals surface area contributed by atoms with Crippen molar-refractivity contribution in [2.45, 2.75) is 32.8 Å². The van der Waals surface area contributed by atoms with Crippen LogP contribution in [-0.4, -0.2) is 48.4 Å². The fourth-order valence-corrected chi connectivity index (χ4v) is 2.62. The molecule has 0 heterocycles. The molecule has 0 spiro atoms. The number of ether oxygens (including phenoxy) is 2. The summed E-state index contributed by atoms with van der Waals surface area (Å²) in [5.41, 5.74) is -0.426. The molecule has 23 heavy (non-hydrogen) atoms. The van der Waals surface area contributed by atoms with E-state index in [0.29, 0.717) is 36.7 Å². The quantitative estimate of drug-likeness (QED) is 0.685. The Morgan fingerprint density at radius 2 is 1.91 bits per heavy atom. The lowest BCUT2D eigenvalue weighted by Crippen LogP contribution is -2.41. The fourth-order valence-electron chi connectivity index (χ4n) is 1.98. The molecule has 1 amide bonds. The molecule has 1 aromatic rings. The molecule has 0 radical (unpaired) electrons. The zero-order valence-corrected chi connectivity index (χ0v) is 15.2. The predicted octanol–water partition coefficient (Wildman–Crippen LogP) is 2.72. The summed E-state index contributed by atoms with van der Waals surface area (Å²) >= 11 is 1.67. The molecule has 1 atom stereocenters. The maximum Gasteiger partial charge on any atom is 0.251 e. The van der Waals surface area contributed by atoms with Crippen LogP contribution in [0, 0.1) is 0 Å². The van der Waals surface area contributed by atoms with Crippen LogP contribution in [0.5, 0.6) is 11.5 Å². The van der Waals surface area contributed by atoms with Crippen molar-refractivity contribution in [2.24, 2.45) is 0 Å². The fraction of sp³-hybridized carbons (Fsp3) is 0.588. The molecular weight excluding hydrogens is 314 g/mol. The van der Waals surface area contributed by atoms with Crippen molar-refractivity contribution in [1.82, 2.24) is 5.32 Å². The molecule has 1 aromatic carbocycles. The van der Waals surface area contributed by atoms with E-state index in [4.69, 9.17) is 9.47 Å². The lowest BCUT2D eigenvalue weighted by atomic mass is 10.0. The minimum atomic E-state index is -0.910. The van der Waals surface area contributed by atoms with E-state index in [1.807, 2.05) is 20.1 Å². The molecule has 1 rings (SSSR count). The number of aliphatic hydroxyl groups is 1. The van der Waals surface area contributed by atoms with Crippen molar-refractivity contribution in [3.05, 3.63) is 23.8 Å². The van der Waals surface area contributed by atoms with Gasteiger partial charge < -0.3 is 19.9 Å². The summed E-state index contributed by atoms with van der Waals surface area (Å²) < 4.78 is 11.0. The summed E-state index contributed by atoms with van der Waals surface area (Å²) in [4.78, 5) is 12.3. The highest BCUT2D eigenvalue weighted by molar-refractivity contribution is 7.98. The highest BCUT2D eigenvalue weighted by atomic mass is 32.2. The van der Waals surface area contributed by atoms with Gasteiger partial charge in [0.05, 0.1) is 18.8 Å². The number of nitrogens with one attached hydrogen (secondary N) is 1. The van der Waals surface area contributed by atoms with Crippen LogP contribution in [0.2, 0.25) is 0 Å². The Morgan fingerprint density at radius 3 is 2.52 bits per heavy atom. The van der Waals surface area contributed by atoms with Gasteiger partial charge in [-0.15, -0.1) is 0 Å². The van der Waals surface area contributed by atoms with Gasteiger partial charge in [-0.1, -0.05) is 0 Å². The van der Waals surface area contributed by atoms with E-state index in [2.05, 4.69) is 5.32 Å². The average molecular weight is 341 g/mol. The van der Waals surface area contributed by atoms with E-state index in [1.165, 1.54) is 0 Å². The van der Waals surface area contributed by atoms with Crippen molar-refractivity contribution in [2.75, 3.05) is 31.8 Å². The maximum absolute atomic E-state index is 12.3. The highest BCUT2D eigenvalue weighted by Gasteiger charge is 2.21. The van der Waals surface area contributed by atoms with Gasteiger partial charge in [0, 0.05) is 12.1 Å². The number of carbonyl (C=O) groups excluding carboxylic acids is 1. The molecule has 2 N–H and O–H groups in total. The van der Waals surface area contributed by atoms with Crippen molar-refractivity contribution in [3.8, 4) is 11.5 Å². The number of carbonyl (C=O) groups is 1. The van der Waals surface area contributed by atoms with E-state index in [-0.39, 0.29) is 12.5 Å². The molecule has 6 heteroatoms. The average Bonchev–Trinajstić information content (AvgIpc) is 2.53. The third kappa shape index (κ3) is 6.71. The second kappa shape index (κ2) is 9.67. The molecule has 0 bridgehead atoms. The molecule has 0 saturated carbocycles. The second-order valence-electron chi connectivity index (χ2n) is 5.45. The molecular formula is C17H27NO4S. The molecule has 0 unspecified atom stereocenters. The van der Waals surface area contributed by atoms with Gasteiger partial charge in [-0.25, -0.2) is 0 Å². The van der Waals surface area contributed by atoms with E-state index < -0.39 is 5.60 Å². The normalized spacial score (nSPS) is 13.3. The first-order valence-electron chi connectivity index (χ1n) is 7.82. The van der Waals surface area contributed by atoms with E-state index >= 15 is 0 Å². The lowest BCUT2D eigenvalue weighted by Gasteiger charge is -2.23. The van der Waals surface area contributed by atoms with Gasteiger partial charge in [0.25, 0.3) is 5.91 Å². The molecule has 5 nitrogen and oxygen atoms in total. The monoisotopic (exact) mass is 341 g/mol. The number of amides is 1. The van der Waals surface area contributed by atoms with Crippen LogP contribution in [0.15, 0.2) is 18.2 Å². The van der Waals surface area contributed by atoms with Crippen molar-refractivity contribution in [3.63, 3.8) is 0 Å². The first-order valence-corrected chi connectivity index (χ1v) is 9.22. The van der Waals surface area contributed by atoms with Gasteiger partial charge >= 0.3 is 0 Å². The largest absolute Gasteiger partial charge is 0.490 e. The summed E-state index contributed by atoms with van der Waals surface area (Å²) in [6.07, 6.45) is 2.62. The van der Waals surface area contributed by atoms with Crippen LogP contribution in [0.4, 0.5) is 0 Å². The Kier molecular flexibility index (Phi) is 8.26. The van der Waals surface area contributed by atoms with Gasteiger partial charge in [-0.3, -0.25) is 4.79 Å². The summed E-state index contributed by atoms with van der Waals surface area (Å²) in [5, 5.41) is 13.0. The topological polar surface area (TPSA) is 67.8 Å². The van der Waals surface area contributed by atoms with E-state index in [9.17, 15) is 9.90 Å². The zero-order valence-electron chi connectivity index (χ0n) is 14.3. The first kappa shape index (κ1) is 19.6. The Balaban J connectivity index is 2.74. The van der Waals surface area contributed by atoms with Crippen LogP contribution in [0.25, 0.3) is 0 Å². The zero-order chi connectivity index (χ0) is 17.3. The molecule has 0 saturated heterocycles. The number of hydrogen-bond acceptors (Lipinski definition) is 5. The van der Waals surface area contributed by atoms with Crippen molar-refractivity contribution < 1.29 is 19.4 Å². The summed E-state index contributed by atoms with van der Waals surface area (Å²) in [6, 6.07) is 5.09. The van der Waals surface area contributed by atoms with Gasteiger partial charge in [0.1, 0.15) is 0 Å². The van der Waals surface area contributed by atoms with E-state index in [0.717, 1.165) is 5.75 Å². The minimum Gasteiger partial charge on any atom is -0.490 e. The third-order valence-corrected chi connectivity index (χ3v) is 3.89. The second-order valence-corrected chi connectivity index (χ2v) is 6.44. The number of rotatable bonds is 10. The van der Waals surface area contributed by atoms with Crippen LogP contribution in [-0.2, 0) is 0 Å². The van der Waals surface area contributed by atoms with Crippen LogP contribution in [0.1, 0.15) is 37.6 Å². The Morgan fingerprint density at radius 1 is 1.26 bits per heavy atom.